The van der Waals surface area contributed by atoms with Gasteiger partial charge in [0.1, 0.15) is 5.75 Å². The highest BCUT2D eigenvalue weighted by Crippen LogP contribution is 2.28. The van der Waals surface area contributed by atoms with Gasteiger partial charge in [-0.3, -0.25) is 4.99 Å². The number of halogens is 1. The van der Waals surface area contributed by atoms with Crippen molar-refractivity contribution in [2.45, 2.75) is 39.3 Å². The zero-order valence-corrected chi connectivity index (χ0v) is 17.7. The Morgan fingerprint density at radius 2 is 2.20 bits per heavy atom. The fraction of sp³-hybridized carbons (Fsp3) is 0.632. The minimum Gasteiger partial charge on any atom is -0.493 e. The van der Waals surface area contributed by atoms with Crippen molar-refractivity contribution in [2.75, 3.05) is 26.9 Å². The number of ether oxygens (including phenoxy) is 2. The Morgan fingerprint density at radius 1 is 1.40 bits per heavy atom. The average molecular weight is 459 g/mol. The highest BCUT2D eigenvalue weighted by atomic mass is 127. The maximum absolute atomic E-state index is 6.10. The Kier molecular flexibility index (Phi) is 7.81. The molecule has 0 bridgehead atoms. The normalized spacial score (nSPS) is 25.2. The summed E-state index contributed by atoms with van der Waals surface area (Å²) in [7, 11) is 1.81. The highest BCUT2D eigenvalue weighted by molar-refractivity contribution is 14.0. The smallest absolute Gasteiger partial charge is 0.191 e. The van der Waals surface area contributed by atoms with Crippen LogP contribution in [0.1, 0.15) is 30.9 Å². The van der Waals surface area contributed by atoms with Gasteiger partial charge in [0.15, 0.2) is 5.96 Å². The van der Waals surface area contributed by atoms with Crippen LogP contribution in [0.15, 0.2) is 23.2 Å². The lowest BCUT2D eigenvalue weighted by atomic mass is 10.1. The molecule has 1 saturated heterocycles. The summed E-state index contributed by atoms with van der Waals surface area (Å²) in [5.41, 5.74) is 2.37. The van der Waals surface area contributed by atoms with E-state index in [1.165, 1.54) is 12.0 Å². The van der Waals surface area contributed by atoms with Crippen LogP contribution in [0.2, 0.25) is 0 Å². The third-order valence-electron chi connectivity index (χ3n) is 4.82. The Balaban J connectivity index is 0.00000225. The number of nitrogens with one attached hydrogen (secondary N) is 2. The van der Waals surface area contributed by atoms with Gasteiger partial charge in [-0.1, -0.05) is 19.1 Å². The van der Waals surface area contributed by atoms with Crippen molar-refractivity contribution in [1.82, 2.24) is 10.6 Å². The topological polar surface area (TPSA) is 54.9 Å². The Hall–Kier alpha value is -1.02. The summed E-state index contributed by atoms with van der Waals surface area (Å²) in [5, 5.41) is 6.85. The van der Waals surface area contributed by atoms with Crippen LogP contribution in [-0.4, -0.2) is 38.9 Å². The molecular formula is C19H30IN3O2. The van der Waals surface area contributed by atoms with Crippen LogP contribution in [0.3, 0.4) is 0 Å². The van der Waals surface area contributed by atoms with Gasteiger partial charge in [-0.2, -0.15) is 0 Å². The van der Waals surface area contributed by atoms with Crippen molar-refractivity contribution in [2.24, 2.45) is 16.8 Å². The van der Waals surface area contributed by atoms with Crippen molar-refractivity contribution < 1.29 is 9.47 Å². The third kappa shape index (κ3) is 6.02. The van der Waals surface area contributed by atoms with Crippen LogP contribution in [0, 0.1) is 18.8 Å². The molecule has 0 aromatic heterocycles. The van der Waals surface area contributed by atoms with E-state index in [2.05, 4.69) is 47.7 Å². The molecule has 1 saturated carbocycles. The van der Waals surface area contributed by atoms with E-state index in [0.717, 1.165) is 49.4 Å². The molecule has 3 atom stereocenters. The molecule has 25 heavy (non-hydrogen) atoms. The molecule has 3 rings (SSSR count). The van der Waals surface area contributed by atoms with Crippen LogP contribution >= 0.6 is 24.0 Å². The molecule has 1 aromatic carbocycles. The Bertz CT molecular complexity index is 588. The second kappa shape index (κ2) is 9.62. The van der Waals surface area contributed by atoms with E-state index in [9.17, 15) is 0 Å². The van der Waals surface area contributed by atoms with Gasteiger partial charge in [-0.15, -0.1) is 24.0 Å². The Labute approximate surface area is 168 Å². The van der Waals surface area contributed by atoms with E-state index in [-0.39, 0.29) is 24.0 Å². The molecule has 5 nitrogen and oxygen atoms in total. The van der Waals surface area contributed by atoms with E-state index >= 15 is 0 Å². The number of aryl methyl sites for hydroxylation is 1. The number of guanidine groups is 1. The van der Waals surface area contributed by atoms with Crippen molar-refractivity contribution in [3.63, 3.8) is 0 Å². The first-order valence-corrected chi connectivity index (χ1v) is 8.93. The zero-order valence-electron chi connectivity index (χ0n) is 15.4. The molecule has 1 aliphatic heterocycles. The molecular weight excluding hydrogens is 429 g/mol. The number of benzene rings is 1. The Morgan fingerprint density at radius 3 is 2.84 bits per heavy atom. The maximum Gasteiger partial charge on any atom is 0.191 e. The molecule has 2 N–H and O–H groups in total. The first kappa shape index (κ1) is 20.3. The van der Waals surface area contributed by atoms with Gasteiger partial charge in [0.05, 0.1) is 13.2 Å². The summed E-state index contributed by atoms with van der Waals surface area (Å²) in [6.07, 6.45) is 2.32. The van der Waals surface area contributed by atoms with Gasteiger partial charge >= 0.3 is 0 Å². The number of rotatable bonds is 6. The number of hydrogen-bond acceptors (Lipinski definition) is 3. The molecule has 1 heterocycles. The van der Waals surface area contributed by atoms with E-state index in [1.54, 1.807) is 0 Å². The van der Waals surface area contributed by atoms with Gasteiger partial charge in [-0.25, -0.2) is 0 Å². The van der Waals surface area contributed by atoms with Gasteiger partial charge in [0.2, 0.25) is 0 Å². The fourth-order valence-electron chi connectivity index (χ4n) is 2.94. The second-order valence-corrected chi connectivity index (χ2v) is 7.04. The van der Waals surface area contributed by atoms with Gasteiger partial charge in [0, 0.05) is 37.7 Å². The second-order valence-electron chi connectivity index (χ2n) is 7.04. The molecule has 1 aromatic rings. The zero-order chi connectivity index (χ0) is 16.9. The lowest BCUT2D eigenvalue weighted by Gasteiger charge is -2.17. The molecule has 6 heteroatoms. The standard InChI is InChI=1S/C19H29N3O2.HI/c1-13-4-5-16(10-21-19(20-3)22-17-9-14(17)2)18(8-13)24-12-15-6-7-23-11-15;/h4-5,8,14-15,17H,6-7,9-12H2,1-3H3,(H2,20,21,22);1H. The molecule has 2 fully saturated rings. The van der Waals surface area contributed by atoms with E-state index in [0.29, 0.717) is 18.5 Å². The number of hydrogen-bond donors (Lipinski definition) is 2. The van der Waals surface area contributed by atoms with Crippen LogP contribution in [-0.2, 0) is 11.3 Å². The summed E-state index contributed by atoms with van der Waals surface area (Å²) in [6.45, 7) is 7.45. The SMILES string of the molecule is CN=C(NCc1ccc(C)cc1OCC1CCOC1)NC1CC1C.I. The molecule has 3 unspecified atom stereocenters. The first-order chi connectivity index (χ1) is 11.7. The van der Waals surface area contributed by atoms with Crippen LogP contribution in [0.4, 0.5) is 0 Å². The summed E-state index contributed by atoms with van der Waals surface area (Å²) >= 11 is 0. The summed E-state index contributed by atoms with van der Waals surface area (Å²) in [5.74, 6) is 3.08. The predicted octanol–water partition coefficient (Wildman–Crippen LogP) is 3.10. The monoisotopic (exact) mass is 459 g/mol. The van der Waals surface area contributed by atoms with Gasteiger partial charge in [-0.05, 0) is 37.3 Å². The predicted molar refractivity (Wildman–Crippen MR) is 112 cm³/mol. The van der Waals surface area contributed by atoms with E-state index in [1.807, 2.05) is 7.05 Å². The molecule has 0 spiro atoms. The van der Waals surface area contributed by atoms with Crippen molar-refractivity contribution in [3.05, 3.63) is 29.3 Å². The largest absolute Gasteiger partial charge is 0.493 e. The molecule has 140 valence electrons. The lowest BCUT2D eigenvalue weighted by Crippen LogP contribution is -2.38. The van der Waals surface area contributed by atoms with Gasteiger partial charge < -0.3 is 20.1 Å². The quantitative estimate of drug-likeness (QED) is 0.390. The van der Waals surface area contributed by atoms with Crippen LogP contribution < -0.4 is 15.4 Å². The molecule has 0 radical (unpaired) electrons. The lowest BCUT2D eigenvalue weighted by molar-refractivity contribution is 0.166. The summed E-state index contributed by atoms with van der Waals surface area (Å²) < 4.78 is 11.5. The van der Waals surface area contributed by atoms with Crippen LogP contribution in [0.25, 0.3) is 0 Å². The van der Waals surface area contributed by atoms with Gasteiger partial charge in [0.25, 0.3) is 0 Å². The van der Waals surface area contributed by atoms with Crippen molar-refractivity contribution in [1.29, 1.82) is 0 Å². The first-order valence-electron chi connectivity index (χ1n) is 8.93. The minimum absolute atomic E-state index is 0. The van der Waals surface area contributed by atoms with E-state index < -0.39 is 0 Å². The maximum atomic E-state index is 6.10. The molecule has 2 aliphatic rings. The van der Waals surface area contributed by atoms with Crippen molar-refractivity contribution in [3.8, 4) is 5.75 Å². The van der Waals surface area contributed by atoms with Crippen LogP contribution in [0.5, 0.6) is 5.75 Å². The van der Waals surface area contributed by atoms with Crippen molar-refractivity contribution >= 4 is 29.9 Å². The molecule has 1 aliphatic carbocycles. The average Bonchev–Trinajstić information content (AvgIpc) is 3.05. The fourth-order valence-corrected chi connectivity index (χ4v) is 2.94. The minimum atomic E-state index is 0. The molecule has 0 amide bonds. The third-order valence-corrected chi connectivity index (χ3v) is 4.82. The number of nitrogens with zero attached hydrogens (tertiary/aromatic N) is 1. The highest BCUT2D eigenvalue weighted by Gasteiger charge is 2.33. The summed E-state index contributed by atoms with van der Waals surface area (Å²) in [6, 6.07) is 6.94. The summed E-state index contributed by atoms with van der Waals surface area (Å²) in [4.78, 5) is 4.31. The number of aliphatic imine (C=N–C) groups is 1. The van der Waals surface area contributed by atoms with E-state index in [4.69, 9.17) is 9.47 Å².